The first-order chi connectivity index (χ1) is 13.2. The fourth-order valence-electron chi connectivity index (χ4n) is 3.02. The molecule has 4 heteroatoms. The van der Waals surface area contributed by atoms with Gasteiger partial charge in [0, 0.05) is 10.9 Å². The van der Waals surface area contributed by atoms with E-state index in [-0.39, 0.29) is 0 Å². The van der Waals surface area contributed by atoms with E-state index in [9.17, 15) is 0 Å². The molecule has 0 atom stereocenters. The Morgan fingerprint density at radius 2 is 1.63 bits per heavy atom. The summed E-state index contributed by atoms with van der Waals surface area (Å²) in [6.07, 6.45) is 1.78. The van der Waals surface area contributed by atoms with Crippen molar-refractivity contribution in [2.75, 3.05) is 5.43 Å². The number of aryl methyl sites for hydroxylation is 2. The Balaban J connectivity index is 1.72. The zero-order chi connectivity index (χ0) is 18.6. The minimum Gasteiger partial charge on any atom is -0.245 e. The summed E-state index contributed by atoms with van der Waals surface area (Å²) in [4.78, 5) is 9.34. The average molecular weight is 352 g/mol. The van der Waals surface area contributed by atoms with Crippen LogP contribution in [0.2, 0.25) is 0 Å². The smallest absolute Gasteiger partial charge is 0.244 e. The van der Waals surface area contributed by atoms with Crippen LogP contribution in [0.1, 0.15) is 16.7 Å². The van der Waals surface area contributed by atoms with Gasteiger partial charge in [0.05, 0.1) is 17.4 Å². The highest BCUT2D eigenvalue weighted by atomic mass is 15.3. The molecule has 0 spiro atoms. The van der Waals surface area contributed by atoms with E-state index in [0.717, 1.165) is 27.7 Å². The van der Waals surface area contributed by atoms with Gasteiger partial charge < -0.3 is 0 Å². The summed E-state index contributed by atoms with van der Waals surface area (Å²) in [6.45, 7) is 4.14. The third kappa shape index (κ3) is 3.85. The lowest BCUT2D eigenvalue weighted by molar-refractivity contribution is 1.15. The molecule has 0 bridgehead atoms. The predicted octanol–water partition coefficient (Wildman–Crippen LogP) is 5.36. The van der Waals surface area contributed by atoms with Gasteiger partial charge >= 0.3 is 0 Å². The molecule has 0 saturated carbocycles. The Morgan fingerprint density at radius 1 is 0.815 bits per heavy atom. The number of hydrazone groups is 1. The molecule has 0 aliphatic heterocycles. The van der Waals surface area contributed by atoms with Crippen LogP contribution in [0.4, 0.5) is 5.95 Å². The van der Waals surface area contributed by atoms with Gasteiger partial charge in [-0.25, -0.2) is 15.4 Å². The van der Waals surface area contributed by atoms with Gasteiger partial charge in [-0.15, -0.1) is 0 Å². The highest BCUT2D eigenvalue weighted by Crippen LogP contribution is 2.28. The molecule has 1 aromatic heterocycles. The molecule has 0 radical (unpaired) electrons. The molecule has 0 amide bonds. The number of benzene rings is 3. The molecule has 1 N–H and O–H groups in total. The molecular weight excluding hydrogens is 332 g/mol. The van der Waals surface area contributed by atoms with Gasteiger partial charge in [0.25, 0.3) is 0 Å². The third-order valence-corrected chi connectivity index (χ3v) is 4.32. The average Bonchev–Trinajstić information content (AvgIpc) is 2.68. The van der Waals surface area contributed by atoms with E-state index in [2.05, 4.69) is 65.8 Å². The van der Waals surface area contributed by atoms with Crippen molar-refractivity contribution in [3.05, 3.63) is 89.5 Å². The first-order valence-corrected chi connectivity index (χ1v) is 8.88. The summed E-state index contributed by atoms with van der Waals surface area (Å²) >= 11 is 0. The van der Waals surface area contributed by atoms with Crippen LogP contribution in [0.5, 0.6) is 0 Å². The van der Waals surface area contributed by atoms with E-state index in [1.807, 2.05) is 36.4 Å². The monoisotopic (exact) mass is 352 g/mol. The number of fused-ring (bicyclic) bond motifs is 1. The van der Waals surface area contributed by atoms with Gasteiger partial charge in [0.15, 0.2) is 0 Å². The van der Waals surface area contributed by atoms with Crippen molar-refractivity contribution in [3.8, 4) is 11.3 Å². The summed E-state index contributed by atoms with van der Waals surface area (Å²) in [5.41, 5.74) is 9.23. The Bertz CT molecular complexity index is 1120. The number of rotatable bonds is 4. The van der Waals surface area contributed by atoms with Gasteiger partial charge in [-0.3, -0.25) is 0 Å². The Morgan fingerprint density at radius 3 is 2.44 bits per heavy atom. The Labute approximate surface area is 158 Å². The standard InChI is InChI=1S/C23H20N4/c1-16-7-6-8-18(13-16)15-24-27-23-25-21-12-11-17(2)14-20(21)22(26-23)19-9-4-3-5-10-19/h3-15H,1-2H3,(H,25,26,27). The maximum absolute atomic E-state index is 4.73. The zero-order valence-corrected chi connectivity index (χ0v) is 15.3. The maximum atomic E-state index is 4.73. The minimum atomic E-state index is 0.481. The molecule has 0 unspecified atom stereocenters. The van der Waals surface area contributed by atoms with Crippen LogP contribution >= 0.6 is 0 Å². The van der Waals surface area contributed by atoms with Crippen molar-refractivity contribution in [1.82, 2.24) is 9.97 Å². The highest BCUT2D eigenvalue weighted by Gasteiger charge is 2.09. The third-order valence-electron chi connectivity index (χ3n) is 4.32. The zero-order valence-electron chi connectivity index (χ0n) is 15.3. The molecule has 3 aromatic carbocycles. The number of hydrogen-bond acceptors (Lipinski definition) is 4. The van der Waals surface area contributed by atoms with Crippen molar-refractivity contribution >= 4 is 23.1 Å². The fraction of sp³-hybridized carbons (Fsp3) is 0.0870. The molecular formula is C23H20N4. The lowest BCUT2D eigenvalue weighted by atomic mass is 10.0. The molecule has 0 aliphatic carbocycles. The van der Waals surface area contributed by atoms with Crippen molar-refractivity contribution in [2.24, 2.45) is 5.10 Å². The summed E-state index contributed by atoms with van der Waals surface area (Å²) < 4.78 is 0. The van der Waals surface area contributed by atoms with Crippen molar-refractivity contribution in [3.63, 3.8) is 0 Å². The van der Waals surface area contributed by atoms with Gasteiger partial charge in [-0.1, -0.05) is 71.8 Å². The first kappa shape index (κ1) is 16.9. The van der Waals surface area contributed by atoms with E-state index < -0.39 is 0 Å². The molecule has 4 nitrogen and oxygen atoms in total. The highest BCUT2D eigenvalue weighted by molar-refractivity contribution is 5.93. The lowest BCUT2D eigenvalue weighted by Crippen LogP contribution is -2.00. The van der Waals surface area contributed by atoms with Crippen molar-refractivity contribution < 1.29 is 0 Å². The lowest BCUT2D eigenvalue weighted by Gasteiger charge is -2.09. The number of anilines is 1. The Kier molecular flexibility index (Phi) is 4.62. The number of aromatic nitrogens is 2. The maximum Gasteiger partial charge on any atom is 0.244 e. The number of nitrogens with one attached hydrogen (secondary N) is 1. The summed E-state index contributed by atoms with van der Waals surface area (Å²) in [6, 6.07) is 24.5. The minimum absolute atomic E-state index is 0.481. The van der Waals surface area contributed by atoms with Crippen molar-refractivity contribution in [2.45, 2.75) is 13.8 Å². The topological polar surface area (TPSA) is 50.2 Å². The summed E-state index contributed by atoms with van der Waals surface area (Å²) in [5, 5.41) is 5.35. The van der Waals surface area contributed by atoms with Crippen LogP contribution in [0.15, 0.2) is 77.9 Å². The molecule has 1 heterocycles. The number of hydrogen-bond donors (Lipinski definition) is 1. The molecule has 27 heavy (non-hydrogen) atoms. The van der Waals surface area contributed by atoms with Crippen LogP contribution in [-0.2, 0) is 0 Å². The van der Waals surface area contributed by atoms with E-state index in [1.54, 1.807) is 6.21 Å². The van der Waals surface area contributed by atoms with E-state index >= 15 is 0 Å². The second kappa shape index (κ2) is 7.38. The second-order valence-electron chi connectivity index (χ2n) is 6.57. The van der Waals surface area contributed by atoms with E-state index in [1.165, 1.54) is 11.1 Å². The predicted molar refractivity (Wildman–Crippen MR) is 112 cm³/mol. The van der Waals surface area contributed by atoms with Crippen molar-refractivity contribution in [1.29, 1.82) is 0 Å². The first-order valence-electron chi connectivity index (χ1n) is 8.88. The fourth-order valence-corrected chi connectivity index (χ4v) is 3.02. The van der Waals surface area contributed by atoms with Crippen LogP contribution in [0.3, 0.4) is 0 Å². The van der Waals surface area contributed by atoms with Crippen LogP contribution < -0.4 is 5.43 Å². The molecule has 4 aromatic rings. The SMILES string of the molecule is Cc1cccc(C=NNc2nc(-c3ccccc3)c3cc(C)ccc3n2)c1. The normalized spacial score (nSPS) is 11.2. The van der Waals surface area contributed by atoms with E-state index in [0.29, 0.717) is 5.95 Å². The number of nitrogens with zero attached hydrogens (tertiary/aromatic N) is 3. The quantitative estimate of drug-likeness (QED) is 0.397. The van der Waals surface area contributed by atoms with Crippen LogP contribution in [0, 0.1) is 13.8 Å². The van der Waals surface area contributed by atoms with Crippen LogP contribution in [0.25, 0.3) is 22.2 Å². The molecule has 4 rings (SSSR count). The molecule has 0 fully saturated rings. The largest absolute Gasteiger partial charge is 0.245 e. The van der Waals surface area contributed by atoms with Gasteiger partial charge in [-0.2, -0.15) is 5.10 Å². The molecule has 0 aliphatic rings. The Hall–Kier alpha value is -3.53. The van der Waals surface area contributed by atoms with E-state index in [4.69, 9.17) is 4.98 Å². The van der Waals surface area contributed by atoms with Gasteiger partial charge in [0.2, 0.25) is 5.95 Å². The van der Waals surface area contributed by atoms with Gasteiger partial charge in [0.1, 0.15) is 0 Å². The summed E-state index contributed by atoms with van der Waals surface area (Å²) in [7, 11) is 0. The van der Waals surface area contributed by atoms with Gasteiger partial charge in [-0.05, 0) is 31.5 Å². The summed E-state index contributed by atoms with van der Waals surface area (Å²) in [5.74, 6) is 0.481. The molecule has 0 saturated heterocycles. The van der Waals surface area contributed by atoms with Crippen LogP contribution in [-0.4, -0.2) is 16.2 Å². The second-order valence-corrected chi connectivity index (χ2v) is 6.57. The molecule has 132 valence electrons.